The van der Waals surface area contributed by atoms with E-state index in [2.05, 4.69) is 4.98 Å². The van der Waals surface area contributed by atoms with Gasteiger partial charge in [0.05, 0.1) is 16.5 Å². The molecule has 7 nitrogen and oxygen atoms in total. The maximum absolute atomic E-state index is 13.1. The van der Waals surface area contributed by atoms with Gasteiger partial charge < -0.3 is 9.64 Å². The van der Waals surface area contributed by atoms with Crippen molar-refractivity contribution in [2.24, 2.45) is 0 Å². The average Bonchev–Trinajstić information content (AvgIpc) is 3.36. The highest BCUT2D eigenvalue weighted by atomic mass is 16.5. The normalized spacial score (nSPS) is 18.0. The van der Waals surface area contributed by atoms with Crippen LogP contribution < -0.4 is 10.5 Å². The van der Waals surface area contributed by atoms with Crippen LogP contribution >= 0.6 is 0 Å². The summed E-state index contributed by atoms with van der Waals surface area (Å²) in [7, 11) is 0. The van der Waals surface area contributed by atoms with Gasteiger partial charge in [-0.1, -0.05) is 18.2 Å². The van der Waals surface area contributed by atoms with Crippen molar-refractivity contribution in [2.45, 2.75) is 51.8 Å². The number of esters is 1. The number of amides is 1. The highest BCUT2D eigenvalue weighted by molar-refractivity contribution is 6.01. The molecule has 0 aliphatic carbocycles. The van der Waals surface area contributed by atoms with Crippen molar-refractivity contribution in [3.63, 3.8) is 0 Å². The molecule has 3 aromatic rings. The van der Waals surface area contributed by atoms with E-state index in [0.29, 0.717) is 17.4 Å². The molecular weight excluding hydrogens is 394 g/mol. The Morgan fingerprint density at radius 1 is 1.19 bits per heavy atom. The largest absolute Gasteiger partial charge is 0.449 e. The fraction of sp³-hybridized carbons (Fsp3) is 0.333. The lowest BCUT2D eigenvalue weighted by molar-refractivity contribution is -0.126. The van der Waals surface area contributed by atoms with Gasteiger partial charge in [-0.3, -0.25) is 14.2 Å². The van der Waals surface area contributed by atoms with Gasteiger partial charge in [0.2, 0.25) is 0 Å². The van der Waals surface area contributed by atoms with Crippen molar-refractivity contribution in [3.8, 4) is 0 Å². The number of rotatable bonds is 3. The number of aryl methyl sites for hydroxylation is 1. The minimum Gasteiger partial charge on any atom is -0.449 e. The molecule has 31 heavy (non-hydrogen) atoms. The first-order valence-electron chi connectivity index (χ1n) is 10.6. The quantitative estimate of drug-likeness (QED) is 0.612. The minimum atomic E-state index is -0.935. The van der Waals surface area contributed by atoms with E-state index in [4.69, 9.17) is 4.74 Å². The molecule has 0 fully saturated rings. The number of hydrogen-bond donors (Lipinski definition) is 0. The van der Waals surface area contributed by atoms with Crippen LogP contribution in [-0.2, 0) is 28.9 Å². The molecule has 5 rings (SSSR count). The van der Waals surface area contributed by atoms with Gasteiger partial charge in [0.15, 0.2) is 6.10 Å². The maximum Gasteiger partial charge on any atom is 0.338 e. The van der Waals surface area contributed by atoms with Crippen molar-refractivity contribution in [2.75, 3.05) is 4.90 Å². The number of nitrogens with zero attached hydrogens (tertiary/aromatic N) is 3. The van der Waals surface area contributed by atoms with E-state index in [0.717, 1.165) is 36.3 Å². The summed E-state index contributed by atoms with van der Waals surface area (Å²) in [6, 6.07) is 12.5. The van der Waals surface area contributed by atoms with Gasteiger partial charge >= 0.3 is 5.97 Å². The molecule has 2 aliphatic rings. The van der Waals surface area contributed by atoms with Gasteiger partial charge in [-0.25, -0.2) is 9.78 Å². The Morgan fingerprint density at radius 3 is 2.84 bits per heavy atom. The number of ether oxygens (including phenoxy) is 1. The highest BCUT2D eigenvalue weighted by Gasteiger charge is 2.34. The molecule has 1 amide bonds. The molecule has 0 saturated carbocycles. The van der Waals surface area contributed by atoms with E-state index in [1.165, 1.54) is 0 Å². The Hall–Kier alpha value is -3.48. The average molecular weight is 417 g/mol. The maximum atomic E-state index is 13.1. The van der Waals surface area contributed by atoms with Crippen LogP contribution in [-0.4, -0.2) is 33.6 Å². The summed E-state index contributed by atoms with van der Waals surface area (Å²) in [5.74, 6) is -0.112. The van der Waals surface area contributed by atoms with E-state index >= 15 is 0 Å². The molecule has 0 N–H and O–H groups in total. The SMILES string of the molecule is C[C@H](OC(=O)c1ccc2c(=O)n3c(nc2c1)CCC3)C(=O)N1c2ccccc2C[C@H]1C. The molecule has 158 valence electrons. The summed E-state index contributed by atoms with van der Waals surface area (Å²) in [5.41, 5.74) is 2.65. The van der Waals surface area contributed by atoms with Crippen LogP contribution in [0.2, 0.25) is 0 Å². The monoisotopic (exact) mass is 417 g/mol. The van der Waals surface area contributed by atoms with Gasteiger partial charge in [-0.2, -0.15) is 0 Å². The molecule has 2 aromatic carbocycles. The lowest BCUT2D eigenvalue weighted by Gasteiger charge is -2.26. The summed E-state index contributed by atoms with van der Waals surface area (Å²) in [5, 5.41) is 0.480. The number of benzene rings is 2. The Bertz CT molecular complexity index is 1280. The molecule has 0 spiro atoms. The number of para-hydroxylation sites is 1. The van der Waals surface area contributed by atoms with Gasteiger partial charge in [0.25, 0.3) is 11.5 Å². The van der Waals surface area contributed by atoms with E-state index in [1.807, 2.05) is 31.2 Å². The van der Waals surface area contributed by atoms with Gasteiger partial charge in [0.1, 0.15) is 5.82 Å². The van der Waals surface area contributed by atoms with Crippen molar-refractivity contribution in [1.29, 1.82) is 0 Å². The number of hydrogen-bond acceptors (Lipinski definition) is 5. The summed E-state index contributed by atoms with van der Waals surface area (Å²) >= 11 is 0. The fourth-order valence-electron chi connectivity index (χ4n) is 4.59. The second-order valence-electron chi connectivity index (χ2n) is 8.26. The Labute approximate surface area is 179 Å². The lowest BCUT2D eigenvalue weighted by atomic mass is 10.1. The number of fused-ring (bicyclic) bond motifs is 3. The van der Waals surface area contributed by atoms with Crippen molar-refractivity contribution in [3.05, 3.63) is 69.8 Å². The first kappa shape index (κ1) is 19.5. The molecule has 0 saturated heterocycles. The van der Waals surface area contributed by atoms with Crippen molar-refractivity contribution >= 4 is 28.5 Å². The molecule has 0 bridgehead atoms. The van der Waals surface area contributed by atoms with Crippen LogP contribution in [0.1, 0.15) is 42.0 Å². The smallest absolute Gasteiger partial charge is 0.338 e. The van der Waals surface area contributed by atoms with Crippen molar-refractivity contribution < 1.29 is 14.3 Å². The summed E-state index contributed by atoms with van der Waals surface area (Å²) in [4.78, 5) is 44.7. The molecule has 2 aliphatic heterocycles. The zero-order valence-corrected chi connectivity index (χ0v) is 17.5. The third-order valence-corrected chi connectivity index (χ3v) is 6.13. The van der Waals surface area contributed by atoms with E-state index in [-0.39, 0.29) is 23.1 Å². The van der Waals surface area contributed by atoms with Gasteiger partial charge in [-0.15, -0.1) is 0 Å². The van der Waals surface area contributed by atoms with E-state index < -0.39 is 12.1 Å². The molecule has 0 unspecified atom stereocenters. The summed E-state index contributed by atoms with van der Waals surface area (Å²) in [6.07, 6.45) is 1.49. The zero-order valence-electron chi connectivity index (χ0n) is 17.5. The zero-order chi connectivity index (χ0) is 21.7. The summed E-state index contributed by atoms with van der Waals surface area (Å²) in [6.45, 7) is 4.25. The Balaban J connectivity index is 1.37. The third-order valence-electron chi connectivity index (χ3n) is 6.13. The molecule has 0 radical (unpaired) electrons. The second kappa shape index (κ2) is 7.34. The van der Waals surface area contributed by atoms with E-state index in [9.17, 15) is 14.4 Å². The Morgan fingerprint density at radius 2 is 2.00 bits per heavy atom. The fourth-order valence-corrected chi connectivity index (χ4v) is 4.59. The van der Waals surface area contributed by atoms with Crippen LogP contribution in [0, 0.1) is 0 Å². The molecular formula is C24H23N3O4. The second-order valence-corrected chi connectivity index (χ2v) is 8.26. The van der Waals surface area contributed by atoms with Gasteiger partial charge in [0, 0.05) is 24.7 Å². The standard InChI is InChI=1S/C24H23N3O4/c1-14-12-16-6-3-4-7-20(16)27(14)22(28)15(2)31-24(30)17-9-10-18-19(13-17)25-21-8-5-11-26(21)23(18)29/h3-4,6-7,9-10,13-15H,5,8,11-12H2,1-2H3/t14-,15+/m1/s1. The predicted octanol–water partition coefficient (Wildman–Crippen LogP) is 2.87. The lowest BCUT2D eigenvalue weighted by Crippen LogP contribution is -2.43. The number of carbonyl (C=O) groups is 2. The molecule has 2 atom stereocenters. The Kier molecular flexibility index (Phi) is 4.61. The van der Waals surface area contributed by atoms with Crippen LogP contribution in [0.25, 0.3) is 10.9 Å². The van der Waals surface area contributed by atoms with Crippen LogP contribution in [0.4, 0.5) is 5.69 Å². The molecule has 1 aromatic heterocycles. The molecule has 7 heteroatoms. The number of anilines is 1. The van der Waals surface area contributed by atoms with Crippen LogP contribution in [0.15, 0.2) is 47.3 Å². The first-order valence-corrected chi connectivity index (χ1v) is 10.6. The number of carbonyl (C=O) groups excluding carboxylic acids is 2. The van der Waals surface area contributed by atoms with Crippen LogP contribution in [0.5, 0.6) is 0 Å². The predicted molar refractivity (Wildman–Crippen MR) is 116 cm³/mol. The minimum absolute atomic E-state index is 0.00555. The molecule has 3 heterocycles. The third kappa shape index (κ3) is 3.21. The van der Waals surface area contributed by atoms with Crippen LogP contribution in [0.3, 0.4) is 0 Å². The first-order chi connectivity index (χ1) is 14.9. The highest BCUT2D eigenvalue weighted by Crippen LogP contribution is 2.32. The van der Waals surface area contributed by atoms with Gasteiger partial charge in [-0.05, 0) is 56.5 Å². The number of aromatic nitrogens is 2. The summed E-state index contributed by atoms with van der Waals surface area (Å²) < 4.78 is 7.20. The van der Waals surface area contributed by atoms with E-state index in [1.54, 1.807) is 34.6 Å². The topological polar surface area (TPSA) is 81.5 Å². The van der Waals surface area contributed by atoms with Crippen molar-refractivity contribution in [1.82, 2.24) is 9.55 Å².